The van der Waals surface area contributed by atoms with Crippen molar-refractivity contribution in [2.24, 2.45) is 0 Å². The van der Waals surface area contributed by atoms with Crippen LogP contribution in [0.2, 0.25) is 0 Å². The minimum Gasteiger partial charge on any atom is -0.462 e. The molecule has 1 aliphatic heterocycles. The molecule has 0 radical (unpaired) electrons. The van der Waals surface area contributed by atoms with Gasteiger partial charge in [-0.15, -0.1) is 0 Å². The lowest BCUT2D eigenvalue weighted by Gasteiger charge is -2.03. The maximum Gasteiger partial charge on any atom is 0.345 e. The van der Waals surface area contributed by atoms with E-state index in [2.05, 4.69) is 16.1 Å². The molecular weight excluding hydrogens is 230 g/mol. The quantitative estimate of drug-likeness (QED) is 0.416. The topological polar surface area (TPSA) is 29.5 Å². The van der Waals surface area contributed by atoms with E-state index in [4.69, 9.17) is 4.74 Å². The number of esters is 1. The standard InChI is InChI=1S/C6H8BrNO2S/c1-2-10-6(9)5-3-4-8(7)11-5/h3H,2,4H2,1H3. The molecule has 5 heteroatoms. The lowest BCUT2D eigenvalue weighted by molar-refractivity contribution is -0.137. The average molecular weight is 238 g/mol. The molecule has 0 atom stereocenters. The fourth-order valence-corrected chi connectivity index (χ4v) is 1.92. The van der Waals surface area contributed by atoms with Gasteiger partial charge in [-0.3, -0.25) is 0 Å². The molecule has 0 unspecified atom stereocenters. The maximum absolute atomic E-state index is 11.0. The number of carbonyl (C=O) groups is 1. The molecule has 0 aromatic rings. The Hall–Kier alpha value is -0.000000000000000111. The van der Waals surface area contributed by atoms with Gasteiger partial charge < -0.3 is 4.74 Å². The van der Waals surface area contributed by atoms with Crippen molar-refractivity contribution in [3.63, 3.8) is 0 Å². The van der Waals surface area contributed by atoms with E-state index in [0.29, 0.717) is 11.5 Å². The molecule has 0 saturated heterocycles. The van der Waals surface area contributed by atoms with Crippen LogP contribution in [0.15, 0.2) is 11.0 Å². The molecule has 0 spiro atoms. The summed E-state index contributed by atoms with van der Waals surface area (Å²) in [4.78, 5) is 11.7. The number of hydrogen-bond donors (Lipinski definition) is 0. The predicted molar refractivity (Wildman–Crippen MR) is 47.9 cm³/mol. The minimum atomic E-state index is -0.237. The molecule has 0 aromatic carbocycles. The number of halogens is 1. The highest BCUT2D eigenvalue weighted by molar-refractivity contribution is 9.09. The fraction of sp³-hybridized carbons (Fsp3) is 0.500. The number of carbonyl (C=O) groups excluding carboxylic acids is 1. The van der Waals surface area contributed by atoms with Crippen LogP contribution in [0.4, 0.5) is 0 Å². The molecule has 1 aliphatic rings. The first kappa shape index (κ1) is 9.09. The van der Waals surface area contributed by atoms with E-state index in [-0.39, 0.29) is 5.97 Å². The zero-order chi connectivity index (χ0) is 8.27. The summed E-state index contributed by atoms with van der Waals surface area (Å²) in [6, 6.07) is 0. The minimum absolute atomic E-state index is 0.237. The van der Waals surface area contributed by atoms with E-state index in [1.807, 2.05) is 6.08 Å². The number of ether oxygens (including phenoxy) is 1. The van der Waals surface area contributed by atoms with Crippen molar-refractivity contribution in [1.82, 2.24) is 3.33 Å². The third kappa shape index (κ3) is 2.50. The molecule has 62 valence electrons. The van der Waals surface area contributed by atoms with Crippen molar-refractivity contribution in [2.45, 2.75) is 6.92 Å². The lowest BCUT2D eigenvalue weighted by Crippen LogP contribution is -2.04. The maximum atomic E-state index is 11.0. The Morgan fingerprint density at radius 1 is 2.00 bits per heavy atom. The van der Waals surface area contributed by atoms with E-state index >= 15 is 0 Å². The molecule has 11 heavy (non-hydrogen) atoms. The summed E-state index contributed by atoms with van der Waals surface area (Å²) < 4.78 is 6.59. The van der Waals surface area contributed by atoms with Gasteiger partial charge in [0.1, 0.15) is 4.91 Å². The Kier molecular flexibility index (Phi) is 3.42. The second-order valence-electron chi connectivity index (χ2n) is 1.88. The highest BCUT2D eigenvalue weighted by atomic mass is 79.9. The summed E-state index contributed by atoms with van der Waals surface area (Å²) in [5, 5.41) is 0. The summed E-state index contributed by atoms with van der Waals surface area (Å²) in [6.45, 7) is 2.96. The van der Waals surface area contributed by atoms with Crippen LogP contribution < -0.4 is 0 Å². The Labute approximate surface area is 78.2 Å². The second kappa shape index (κ2) is 4.13. The van der Waals surface area contributed by atoms with Crippen LogP contribution in [0, 0.1) is 0 Å². The van der Waals surface area contributed by atoms with Gasteiger partial charge in [-0.25, -0.2) is 4.79 Å². The molecule has 0 fully saturated rings. The summed E-state index contributed by atoms with van der Waals surface area (Å²) in [7, 11) is 0. The molecular formula is C6H8BrNO2S. The van der Waals surface area contributed by atoms with E-state index in [1.54, 1.807) is 10.3 Å². The molecule has 1 heterocycles. The Morgan fingerprint density at radius 2 is 2.73 bits per heavy atom. The summed E-state index contributed by atoms with van der Waals surface area (Å²) in [5.41, 5.74) is 0. The van der Waals surface area contributed by atoms with Gasteiger partial charge >= 0.3 is 5.97 Å². The molecule has 3 nitrogen and oxygen atoms in total. The first-order valence-electron chi connectivity index (χ1n) is 3.22. The molecule has 0 bridgehead atoms. The molecule has 0 amide bonds. The number of hydrogen-bond acceptors (Lipinski definition) is 4. The highest BCUT2D eigenvalue weighted by Gasteiger charge is 2.19. The first-order chi connectivity index (χ1) is 5.24. The first-order valence-corrected chi connectivity index (χ1v) is 4.71. The van der Waals surface area contributed by atoms with Crippen molar-refractivity contribution in [1.29, 1.82) is 0 Å². The van der Waals surface area contributed by atoms with Crippen LogP contribution in [0.1, 0.15) is 6.92 Å². The Balaban J connectivity index is 2.43. The SMILES string of the molecule is CCOC(=O)C1=CCN(Br)S1. The predicted octanol–water partition coefficient (Wildman–Crippen LogP) is 1.71. The summed E-state index contributed by atoms with van der Waals surface area (Å²) in [5.74, 6) is -0.237. The normalized spacial score (nSPS) is 18.2. The van der Waals surface area contributed by atoms with Crippen molar-refractivity contribution >= 4 is 34.1 Å². The highest BCUT2D eigenvalue weighted by Crippen LogP contribution is 2.30. The van der Waals surface area contributed by atoms with E-state index in [1.165, 1.54) is 11.9 Å². The van der Waals surface area contributed by atoms with Gasteiger partial charge in [-0.2, -0.15) is 3.33 Å². The van der Waals surface area contributed by atoms with E-state index in [9.17, 15) is 4.79 Å². The summed E-state index contributed by atoms with van der Waals surface area (Å²) in [6.07, 6.45) is 1.83. The van der Waals surface area contributed by atoms with Gasteiger partial charge in [0.05, 0.1) is 6.61 Å². The van der Waals surface area contributed by atoms with Gasteiger partial charge in [-0.05, 0) is 24.9 Å². The van der Waals surface area contributed by atoms with Crippen LogP contribution in [-0.2, 0) is 9.53 Å². The molecule has 0 saturated carbocycles. The lowest BCUT2D eigenvalue weighted by atomic mass is 10.5. The monoisotopic (exact) mass is 237 g/mol. The van der Waals surface area contributed by atoms with Crippen LogP contribution >= 0.6 is 28.1 Å². The Bertz CT molecular complexity index is 195. The zero-order valence-corrected chi connectivity index (χ0v) is 8.44. The fourth-order valence-electron chi connectivity index (χ4n) is 0.659. The molecule has 0 N–H and O–H groups in total. The number of nitrogens with zero attached hydrogens (tertiary/aromatic N) is 1. The Morgan fingerprint density at radius 3 is 3.18 bits per heavy atom. The van der Waals surface area contributed by atoms with E-state index < -0.39 is 0 Å². The van der Waals surface area contributed by atoms with Crippen LogP contribution in [0.25, 0.3) is 0 Å². The second-order valence-corrected chi connectivity index (χ2v) is 4.27. The smallest absolute Gasteiger partial charge is 0.345 e. The number of rotatable bonds is 2. The van der Waals surface area contributed by atoms with Crippen molar-refractivity contribution in [3.05, 3.63) is 11.0 Å². The van der Waals surface area contributed by atoms with Gasteiger partial charge in [0.25, 0.3) is 0 Å². The largest absolute Gasteiger partial charge is 0.462 e. The van der Waals surface area contributed by atoms with Crippen molar-refractivity contribution < 1.29 is 9.53 Å². The van der Waals surface area contributed by atoms with Gasteiger partial charge in [0.15, 0.2) is 0 Å². The zero-order valence-electron chi connectivity index (χ0n) is 6.04. The third-order valence-electron chi connectivity index (χ3n) is 1.09. The molecule has 1 rings (SSSR count). The van der Waals surface area contributed by atoms with Crippen LogP contribution in [0.3, 0.4) is 0 Å². The van der Waals surface area contributed by atoms with Crippen LogP contribution in [-0.4, -0.2) is 22.5 Å². The van der Waals surface area contributed by atoms with E-state index in [0.717, 1.165) is 6.54 Å². The molecule has 0 aromatic heterocycles. The summed E-state index contributed by atoms with van der Waals surface area (Å²) >= 11 is 4.58. The van der Waals surface area contributed by atoms with Gasteiger partial charge in [0, 0.05) is 22.7 Å². The van der Waals surface area contributed by atoms with Gasteiger partial charge in [0.2, 0.25) is 0 Å². The average Bonchev–Trinajstić information content (AvgIpc) is 2.36. The molecule has 0 aliphatic carbocycles. The van der Waals surface area contributed by atoms with Crippen molar-refractivity contribution in [3.8, 4) is 0 Å². The third-order valence-corrected chi connectivity index (χ3v) is 2.70. The van der Waals surface area contributed by atoms with Crippen LogP contribution in [0.5, 0.6) is 0 Å². The van der Waals surface area contributed by atoms with Gasteiger partial charge in [-0.1, -0.05) is 0 Å². The van der Waals surface area contributed by atoms with Crippen molar-refractivity contribution in [2.75, 3.05) is 13.2 Å².